The lowest BCUT2D eigenvalue weighted by molar-refractivity contribution is -0.345. The van der Waals surface area contributed by atoms with Crippen molar-refractivity contribution < 1.29 is 4.70 Å². The van der Waals surface area contributed by atoms with Crippen molar-refractivity contribution in [3.05, 3.63) is 99.6 Å². The summed E-state index contributed by atoms with van der Waals surface area (Å²) in [5.41, 5.74) is 22.3. The predicted molar refractivity (Wildman–Crippen MR) is 419 cm³/mol. The zero-order valence-electron chi connectivity index (χ0n) is 63.5. The van der Waals surface area contributed by atoms with Gasteiger partial charge in [-0.3, -0.25) is 0 Å². The summed E-state index contributed by atoms with van der Waals surface area (Å²) in [7, 11) is 0. The standard InChI is InChI=1S/C91H160N2/c1-5-9-13-17-21-24-27-30-33-35-37-39-41-43-45-47-50-52-55-58-61-64-68-72-84-76-80-86(81-77-84)90-88(74-70-66-20-16-12-8-4)89(75-71-67-63-60-57-54-49-32-29-26-23-19-15-11-7-3)91(93(90)92)87-82-78-85(79-83-87)73-69-65-62-59-56-53-51-48-46-44-42-40-38-36-34-31-28-25-22-18-14-10-6-2/h71,75-83H,5-70,72-74H2,1-4H3. The molecule has 0 aromatic heterocycles. The molecule has 0 bridgehead atoms. The SMILES string of the molecule is CCCCCCCCCCCCCCCC=CC1=C(c2ccc(CCCCCCCCCCCCCCCCCCCCCCCCC)cc2)[N+](=[N-])C(c2ccc(CCCCCCCCCCCCCCCCCCCCCCCCC)cc2)=C1CCCCCCCC. The van der Waals surface area contributed by atoms with E-state index in [-0.39, 0.29) is 0 Å². The molecule has 2 aromatic rings. The second kappa shape index (κ2) is 65.2. The second-order valence-corrected chi connectivity index (χ2v) is 30.3. The Labute approximate surface area is 583 Å². The first-order chi connectivity index (χ1) is 46.1. The molecule has 2 aromatic carbocycles. The zero-order valence-corrected chi connectivity index (χ0v) is 63.5. The Morgan fingerprint density at radius 2 is 0.441 bits per heavy atom. The molecule has 0 radical (unpaired) electrons. The third kappa shape index (κ3) is 47.0. The van der Waals surface area contributed by atoms with Crippen LogP contribution >= 0.6 is 0 Å². The van der Waals surface area contributed by atoms with Gasteiger partial charge in [-0.1, -0.05) is 456 Å². The lowest BCUT2D eigenvalue weighted by atomic mass is 9.93. The summed E-state index contributed by atoms with van der Waals surface area (Å²) in [6.07, 6.45) is 101. The summed E-state index contributed by atoms with van der Waals surface area (Å²) in [6.45, 7) is 9.26. The summed E-state index contributed by atoms with van der Waals surface area (Å²) in [4.78, 5) is 0. The van der Waals surface area contributed by atoms with E-state index in [0.29, 0.717) is 0 Å². The Hall–Kier alpha value is -2.74. The van der Waals surface area contributed by atoms with Gasteiger partial charge in [0.15, 0.2) is 0 Å². The molecule has 1 aliphatic heterocycles. The fourth-order valence-electron chi connectivity index (χ4n) is 15.1. The zero-order chi connectivity index (χ0) is 66.1. The van der Waals surface area contributed by atoms with Crippen LogP contribution < -0.4 is 0 Å². The van der Waals surface area contributed by atoms with Crippen LogP contribution in [-0.2, 0) is 12.8 Å². The normalized spacial score (nSPS) is 12.8. The van der Waals surface area contributed by atoms with Crippen molar-refractivity contribution in [1.29, 1.82) is 0 Å². The third-order valence-corrected chi connectivity index (χ3v) is 21.4. The summed E-state index contributed by atoms with van der Waals surface area (Å²) in [5, 5.41) is 0. The van der Waals surface area contributed by atoms with E-state index in [4.69, 9.17) is 0 Å². The fourth-order valence-corrected chi connectivity index (χ4v) is 15.1. The van der Waals surface area contributed by atoms with Crippen molar-refractivity contribution >= 4 is 11.4 Å². The van der Waals surface area contributed by atoms with Crippen LogP contribution in [0.4, 0.5) is 0 Å². The van der Waals surface area contributed by atoms with Gasteiger partial charge in [0, 0.05) is 16.7 Å². The molecule has 0 saturated carbocycles. The van der Waals surface area contributed by atoms with E-state index in [0.717, 1.165) is 54.6 Å². The molecule has 0 atom stereocenters. The maximum Gasteiger partial charge on any atom is 0.215 e. The highest BCUT2D eigenvalue weighted by Crippen LogP contribution is 2.44. The van der Waals surface area contributed by atoms with E-state index in [1.807, 2.05) is 0 Å². The van der Waals surface area contributed by atoms with E-state index in [9.17, 15) is 5.53 Å². The Kier molecular flexibility index (Phi) is 59.2. The van der Waals surface area contributed by atoms with Crippen LogP contribution in [0.3, 0.4) is 0 Å². The van der Waals surface area contributed by atoms with Crippen LogP contribution in [0.5, 0.6) is 0 Å². The molecule has 1 aliphatic rings. The van der Waals surface area contributed by atoms with Gasteiger partial charge in [0.2, 0.25) is 11.4 Å². The topological polar surface area (TPSA) is 25.3 Å². The number of benzene rings is 2. The highest BCUT2D eigenvalue weighted by atomic mass is 15.2. The van der Waals surface area contributed by atoms with Crippen molar-refractivity contribution in [2.75, 3.05) is 0 Å². The smallest absolute Gasteiger partial charge is 0.215 e. The number of allylic oxidation sites excluding steroid dienone is 4. The molecule has 0 saturated heterocycles. The van der Waals surface area contributed by atoms with E-state index >= 15 is 0 Å². The lowest BCUT2D eigenvalue weighted by Crippen LogP contribution is -2.03. The van der Waals surface area contributed by atoms with E-state index in [2.05, 4.69) is 88.4 Å². The highest BCUT2D eigenvalue weighted by molar-refractivity contribution is 5.84. The molecule has 2 nitrogen and oxygen atoms in total. The quantitative estimate of drug-likeness (QED) is 0.0466. The van der Waals surface area contributed by atoms with Crippen LogP contribution in [0.15, 0.2) is 71.8 Å². The molecule has 0 aliphatic carbocycles. The first kappa shape index (κ1) is 84.5. The molecular formula is C91H160N2. The summed E-state index contributed by atoms with van der Waals surface area (Å²) >= 11 is 0. The van der Waals surface area contributed by atoms with Gasteiger partial charge in [-0.2, -0.15) is 0 Å². The first-order valence-electron chi connectivity index (χ1n) is 43.0. The maximum atomic E-state index is 12.6. The van der Waals surface area contributed by atoms with Crippen LogP contribution in [0, 0.1) is 0 Å². The monoisotopic (exact) mass is 1280 g/mol. The average molecular weight is 1280 g/mol. The number of nitrogens with zero attached hydrogens (tertiary/aromatic N) is 2. The molecular weight excluding hydrogens is 1120 g/mol. The summed E-state index contributed by atoms with van der Waals surface area (Å²) < 4.78 is 1.61. The largest absolute Gasteiger partial charge is 0.493 e. The molecule has 0 N–H and O–H groups in total. The van der Waals surface area contributed by atoms with Crippen molar-refractivity contribution in [1.82, 2.24) is 0 Å². The minimum atomic E-state index is 0.979. The average Bonchev–Trinajstić information content (AvgIpc) is 1.62. The van der Waals surface area contributed by atoms with Gasteiger partial charge < -0.3 is 5.53 Å². The van der Waals surface area contributed by atoms with Gasteiger partial charge in [-0.05, 0) is 86.8 Å². The minimum absolute atomic E-state index is 0.979. The Morgan fingerprint density at radius 3 is 0.688 bits per heavy atom. The van der Waals surface area contributed by atoms with Gasteiger partial charge in [-0.25, -0.2) is 4.70 Å². The summed E-state index contributed by atoms with van der Waals surface area (Å²) in [6, 6.07) is 18.8. The van der Waals surface area contributed by atoms with E-state index < -0.39 is 0 Å². The van der Waals surface area contributed by atoms with E-state index in [1.165, 1.54) is 433 Å². The molecule has 1 heterocycles. The minimum Gasteiger partial charge on any atom is -0.493 e. The van der Waals surface area contributed by atoms with Gasteiger partial charge in [0.1, 0.15) is 0 Å². The van der Waals surface area contributed by atoms with Crippen LogP contribution in [-0.4, -0.2) is 4.70 Å². The molecule has 0 fully saturated rings. The molecule has 3 rings (SSSR count). The Balaban J connectivity index is 1.47. The predicted octanol–water partition coefficient (Wildman–Crippen LogP) is 32.7. The van der Waals surface area contributed by atoms with Crippen molar-refractivity contribution in [2.24, 2.45) is 0 Å². The molecule has 2 heteroatoms. The van der Waals surface area contributed by atoms with Crippen molar-refractivity contribution in [3.8, 4) is 0 Å². The number of aryl methyl sites for hydroxylation is 2. The second-order valence-electron chi connectivity index (χ2n) is 30.3. The number of rotatable bonds is 72. The van der Waals surface area contributed by atoms with Crippen molar-refractivity contribution in [3.63, 3.8) is 0 Å². The summed E-state index contributed by atoms with van der Waals surface area (Å²) in [5.74, 6) is 0. The van der Waals surface area contributed by atoms with Crippen molar-refractivity contribution in [2.45, 2.75) is 471 Å². The molecule has 93 heavy (non-hydrogen) atoms. The Morgan fingerprint density at radius 1 is 0.237 bits per heavy atom. The number of unbranched alkanes of at least 4 members (excludes halogenated alkanes) is 62. The molecule has 0 unspecified atom stereocenters. The number of hydrogen-bond acceptors (Lipinski definition) is 0. The van der Waals surface area contributed by atoms with Crippen LogP contribution in [0.1, 0.15) is 480 Å². The fraction of sp³-hybridized carbons (Fsp3) is 0.802. The highest BCUT2D eigenvalue weighted by Gasteiger charge is 2.34. The molecule has 0 amide bonds. The van der Waals surface area contributed by atoms with Gasteiger partial charge in [-0.15, -0.1) is 0 Å². The van der Waals surface area contributed by atoms with Gasteiger partial charge in [0.05, 0.1) is 5.57 Å². The first-order valence-corrected chi connectivity index (χ1v) is 43.0. The number of hydrogen-bond donors (Lipinski definition) is 0. The third-order valence-electron chi connectivity index (χ3n) is 21.4. The molecule has 534 valence electrons. The van der Waals surface area contributed by atoms with E-state index in [1.54, 1.807) is 4.70 Å². The maximum absolute atomic E-state index is 12.6. The lowest BCUT2D eigenvalue weighted by Gasteiger charge is -2.11. The molecule has 0 spiro atoms. The van der Waals surface area contributed by atoms with Gasteiger partial charge in [0.25, 0.3) is 0 Å². The van der Waals surface area contributed by atoms with Crippen LogP contribution in [0.25, 0.3) is 16.9 Å². The van der Waals surface area contributed by atoms with Gasteiger partial charge >= 0.3 is 0 Å². The van der Waals surface area contributed by atoms with Crippen LogP contribution in [0.2, 0.25) is 0 Å². The Bertz CT molecular complexity index is 2010.